The Morgan fingerprint density at radius 1 is 1.21 bits per heavy atom. The minimum Gasteiger partial charge on any atom is -0.306 e. The van der Waals surface area contributed by atoms with Crippen molar-refractivity contribution in [2.24, 2.45) is 7.05 Å². The van der Waals surface area contributed by atoms with Crippen LogP contribution in [-0.4, -0.2) is 31.2 Å². The van der Waals surface area contributed by atoms with Crippen LogP contribution in [0.25, 0.3) is 11.4 Å². The quantitative estimate of drug-likeness (QED) is 0.730. The van der Waals surface area contributed by atoms with Crippen LogP contribution in [0, 0.1) is 6.92 Å². The summed E-state index contributed by atoms with van der Waals surface area (Å²) in [4.78, 5) is 22.0. The number of aryl methyl sites for hydroxylation is 2. The third-order valence-electron chi connectivity index (χ3n) is 5.18. The second-order valence-electron chi connectivity index (χ2n) is 7.28. The number of hydrogen-bond acceptors (Lipinski definition) is 4. The molecule has 2 aromatic heterocycles. The van der Waals surface area contributed by atoms with E-state index in [0.717, 1.165) is 30.1 Å². The molecule has 152 valence electrons. The average molecular weight is 403 g/mol. The van der Waals surface area contributed by atoms with Crippen molar-refractivity contribution in [3.05, 3.63) is 68.9 Å². The number of nitrogens with one attached hydrogen (secondary N) is 1. The molecule has 29 heavy (non-hydrogen) atoms. The molecule has 0 unspecified atom stereocenters. The molecule has 0 radical (unpaired) electrons. The van der Waals surface area contributed by atoms with Gasteiger partial charge in [0.25, 0.3) is 5.56 Å². The van der Waals surface area contributed by atoms with Crippen LogP contribution in [0.15, 0.2) is 35.1 Å². The molecule has 1 N–H and O–H groups in total. The Morgan fingerprint density at radius 2 is 1.93 bits per heavy atom. The molecule has 0 atom stereocenters. The maximum absolute atomic E-state index is 12.7. The Morgan fingerprint density at radius 3 is 2.55 bits per heavy atom. The van der Waals surface area contributed by atoms with Crippen LogP contribution in [-0.2, 0) is 32.7 Å². The fourth-order valence-electron chi connectivity index (χ4n) is 3.51. The predicted octanol–water partition coefficient (Wildman–Crippen LogP) is 3.06. The summed E-state index contributed by atoms with van der Waals surface area (Å²) in [5, 5.41) is 4.45. The van der Waals surface area contributed by atoms with Crippen molar-refractivity contribution in [3.8, 4) is 11.4 Å². The topological polar surface area (TPSA) is 66.8 Å². The fourth-order valence-corrected chi connectivity index (χ4v) is 3.51. The molecule has 1 aliphatic heterocycles. The molecule has 3 heterocycles. The highest BCUT2D eigenvalue weighted by Gasteiger charge is 2.30. The van der Waals surface area contributed by atoms with E-state index in [1.165, 1.54) is 12.1 Å². The lowest BCUT2D eigenvalue weighted by atomic mass is 10.1. The number of benzene rings is 1. The molecule has 9 heteroatoms. The molecule has 0 spiro atoms. The monoisotopic (exact) mass is 403 g/mol. The van der Waals surface area contributed by atoms with Crippen LogP contribution in [0.4, 0.5) is 13.2 Å². The summed E-state index contributed by atoms with van der Waals surface area (Å²) in [6.45, 7) is 3.81. The highest BCUT2D eigenvalue weighted by atomic mass is 19.4. The van der Waals surface area contributed by atoms with E-state index in [2.05, 4.69) is 20.0 Å². The number of alkyl halides is 3. The van der Waals surface area contributed by atoms with Crippen molar-refractivity contribution >= 4 is 0 Å². The molecule has 3 aromatic rings. The normalized spacial score (nSPS) is 14.8. The summed E-state index contributed by atoms with van der Waals surface area (Å²) in [6.07, 6.45) is -3.80. The van der Waals surface area contributed by atoms with Crippen molar-refractivity contribution in [1.82, 2.24) is 24.6 Å². The van der Waals surface area contributed by atoms with Crippen LogP contribution in [0.3, 0.4) is 0 Å². The number of hydrogen-bond donors (Lipinski definition) is 1. The minimum atomic E-state index is -4.40. The lowest BCUT2D eigenvalue weighted by Gasteiger charge is -2.27. The van der Waals surface area contributed by atoms with Gasteiger partial charge in [0.15, 0.2) is 0 Å². The first-order chi connectivity index (χ1) is 13.7. The van der Waals surface area contributed by atoms with E-state index < -0.39 is 11.7 Å². The Hall–Kier alpha value is -2.94. The van der Waals surface area contributed by atoms with Gasteiger partial charge in [0, 0.05) is 44.4 Å². The van der Waals surface area contributed by atoms with Gasteiger partial charge in [-0.1, -0.05) is 12.1 Å². The van der Waals surface area contributed by atoms with Crippen molar-refractivity contribution in [1.29, 1.82) is 0 Å². The molecule has 0 fully saturated rings. The summed E-state index contributed by atoms with van der Waals surface area (Å²) in [7, 11) is 1.89. The first-order valence-corrected chi connectivity index (χ1v) is 9.22. The second kappa shape index (κ2) is 7.14. The molecule has 6 nitrogen and oxygen atoms in total. The number of fused-ring (bicyclic) bond motifs is 1. The molecule has 0 aliphatic carbocycles. The number of nitrogens with zero attached hydrogens (tertiary/aromatic N) is 4. The number of halogens is 3. The largest absolute Gasteiger partial charge is 0.416 e. The van der Waals surface area contributed by atoms with Gasteiger partial charge in [-0.25, -0.2) is 4.98 Å². The van der Waals surface area contributed by atoms with Crippen molar-refractivity contribution < 1.29 is 13.2 Å². The molecule has 0 bridgehead atoms. The van der Waals surface area contributed by atoms with Gasteiger partial charge in [-0.2, -0.15) is 18.3 Å². The van der Waals surface area contributed by atoms with Gasteiger partial charge >= 0.3 is 6.18 Å². The summed E-state index contributed by atoms with van der Waals surface area (Å²) in [6, 6.07) is 6.65. The Kier molecular flexibility index (Phi) is 4.77. The van der Waals surface area contributed by atoms with Gasteiger partial charge in [-0.05, 0) is 25.1 Å². The van der Waals surface area contributed by atoms with Crippen LogP contribution in [0.2, 0.25) is 0 Å². The summed E-state index contributed by atoms with van der Waals surface area (Å²) >= 11 is 0. The van der Waals surface area contributed by atoms with E-state index in [9.17, 15) is 18.0 Å². The number of H-pyrrole nitrogens is 1. The van der Waals surface area contributed by atoms with Crippen LogP contribution in [0.5, 0.6) is 0 Å². The first kappa shape index (κ1) is 19.4. The SMILES string of the molecule is Cc1cc(CN2CCc3nc(-c4ccc(C(F)(F)F)cc4)[nH]c(=O)c3C2)nn1C. The van der Waals surface area contributed by atoms with E-state index >= 15 is 0 Å². The molecule has 0 amide bonds. The summed E-state index contributed by atoms with van der Waals surface area (Å²) in [5.41, 5.74) is 2.76. The van der Waals surface area contributed by atoms with Gasteiger partial charge < -0.3 is 4.98 Å². The smallest absolute Gasteiger partial charge is 0.306 e. The van der Waals surface area contributed by atoms with E-state index in [4.69, 9.17) is 0 Å². The maximum Gasteiger partial charge on any atom is 0.416 e. The van der Waals surface area contributed by atoms with Crippen LogP contribution < -0.4 is 5.56 Å². The summed E-state index contributed by atoms with van der Waals surface area (Å²) in [5.74, 6) is 0.288. The van der Waals surface area contributed by atoms with Crippen LogP contribution in [0.1, 0.15) is 28.2 Å². The highest BCUT2D eigenvalue weighted by Crippen LogP contribution is 2.30. The molecular weight excluding hydrogens is 383 g/mol. The van der Waals surface area contributed by atoms with Crippen LogP contribution >= 0.6 is 0 Å². The second-order valence-corrected chi connectivity index (χ2v) is 7.28. The first-order valence-electron chi connectivity index (χ1n) is 9.22. The predicted molar refractivity (Wildman–Crippen MR) is 101 cm³/mol. The Balaban J connectivity index is 1.56. The molecule has 4 rings (SSSR count). The van der Waals surface area contributed by atoms with E-state index in [1.54, 1.807) is 0 Å². The van der Waals surface area contributed by atoms with Gasteiger partial charge in [-0.3, -0.25) is 14.4 Å². The average Bonchev–Trinajstić information content (AvgIpc) is 2.98. The fraction of sp³-hybridized carbons (Fsp3) is 0.350. The zero-order valence-corrected chi connectivity index (χ0v) is 16.0. The highest BCUT2D eigenvalue weighted by molar-refractivity contribution is 5.56. The van der Waals surface area contributed by atoms with E-state index in [-0.39, 0.29) is 11.4 Å². The number of rotatable bonds is 3. The van der Waals surface area contributed by atoms with Crippen molar-refractivity contribution in [2.75, 3.05) is 6.54 Å². The Labute approximate surface area is 165 Å². The zero-order chi connectivity index (χ0) is 20.8. The standard InChI is InChI=1S/C20H20F3N5O/c1-12-9-15(26-27(12)2)10-28-8-7-17-16(11-28)19(29)25-18(24-17)13-3-5-14(6-4-13)20(21,22)23/h3-6,9H,7-8,10-11H2,1-2H3,(H,24,25,29). The maximum atomic E-state index is 12.7. The Bertz CT molecular complexity index is 1080. The van der Waals surface area contributed by atoms with E-state index in [0.29, 0.717) is 36.3 Å². The van der Waals surface area contributed by atoms with Crippen molar-refractivity contribution in [2.45, 2.75) is 32.6 Å². The third kappa shape index (κ3) is 3.95. The molecule has 1 aliphatic rings. The molecular formula is C20H20F3N5O. The van der Waals surface area contributed by atoms with Gasteiger partial charge in [0.1, 0.15) is 5.82 Å². The third-order valence-corrected chi connectivity index (χ3v) is 5.18. The lowest BCUT2D eigenvalue weighted by molar-refractivity contribution is -0.137. The summed E-state index contributed by atoms with van der Waals surface area (Å²) < 4.78 is 40.0. The molecule has 1 aromatic carbocycles. The van der Waals surface area contributed by atoms with Gasteiger partial charge in [-0.15, -0.1) is 0 Å². The molecule has 0 saturated carbocycles. The number of aromatic amines is 1. The van der Waals surface area contributed by atoms with E-state index in [1.807, 2.05) is 24.7 Å². The van der Waals surface area contributed by atoms with Crippen molar-refractivity contribution in [3.63, 3.8) is 0 Å². The lowest BCUT2D eigenvalue weighted by Crippen LogP contribution is -2.35. The number of aromatic nitrogens is 4. The zero-order valence-electron chi connectivity index (χ0n) is 16.0. The minimum absolute atomic E-state index is 0.258. The van der Waals surface area contributed by atoms with Gasteiger partial charge in [0.05, 0.1) is 22.5 Å². The van der Waals surface area contributed by atoms with Gasteiger partial charge in [0.2, 0.25) is 0 Å². The molecule has 0 saturated heterocycles.